The van der Waals surface area contributed by atoms with Crippen LogP contribution >= 0.6 is 11.3 Å². The number of hydrogen-bond donors (Lipinski definition) is 1. The predicted octanol–water partition coefficient (Wildman–Crippen LogP) is 5.53. The van der Waals surface area contributed by atoms with E-state index in [4.69, 9.17) is 0 Å². The minimum Gasteiger partial charge on any atom is -0.321 e. The Hall–Kier alpha value is -3.69. The van der Waals surface area contributed by atoms with E-state index in [9.17, 15) is 9.18 Å². The van der Waals surface area contributed by atoms with E-state index in [0.717, 1.165) is 34.0 Å². The van der Waals surface area contributed by atoms with Crippen LogP contribution in [-0.4, -0.2) is 30.1 Å². The first-order chi connectivity index (χ1) is 17.9. The van der Waals surface area contributed by atoms with Gasteiger partial charge in [0.1, 0.15) is 5.82 Å². The third kappa shape index (κ3) is 5.52. The Labute approximate surface area is 218 Å². The lowest BCUT2D eigenvalue weighted by Gasteiger charge is -2.30. The monoisotopic (exact) mass is 516 g/mol. The molecule has 190 valence electrons. The van der Waals surface area contributed by atoms with Crippen molar-refractivity contribution in [3.63, 3.8) is 0 Å². The number of hydrogen-bond acceptors (Lipinski definition) is 6. The van der Waals surface area contributed by atoms with Crippen molar-refractivity contribution in [1.82, 2.24) is 30.1 Å². The van der Waals surface area contributed by atoms with Gasteiger partial charge >= 0.3 is 0 Å². The highest BCUT2D eigenvalue weighted by atomic mass is 32.1. The van der Waals surface area contributed by atoms with E-state index in [1.165, 1.54) is 17.0 Å². The van der Waals surface area contributed by atoms with Crippen molar-refractivity contribution in [2.45, 2.75) is 52.9 Å². The number of aromatic nitrogens is 5. The molecule has 0 saturated carbocycles. The molecule has 2 aromatic carbocycles. The first-order valence-electron chi connectivity index (χ1n) is 12.3. The number of nitrogens with one attached hydrogen (secondary N) is 1. The second-order valence-electron chi connectivity index (χ2n) is 9.40. The highest BCUT2D eigenvalue weighted by Gasteiger charge is 2.26. The zero-order valence-corrected chi connectivity index (χ0v) is 21.9. The standard InChI is InChI=1S/C28H29FN6OS/c1-4-25(27-31-32-33-35(27)15-20-7-9-23(29)10-8-20)34(17-24-6-5-11-37-24)16-22-14-21-13-18(2)12-19(3)26(21)30-28(22)36/h5-14,25H,4,15-17H2,1-3H3,(H,30,36). The number of aryl methyl sites for hydroxylation is 2. The third-order valence-electron chi connectivity index (χ3n) is 6.61. The second kappa shape index (κ2) is 10.7. The molecule has 0 spiro atoms. The predicted molar refractivity (Wildman–Crippen MR) is 144 cm³/mol. The summed E-state index contributed by atoms with van der Waals surface area (Å²) >= 11 is 1.68. The molecule has 37 heavy (non-hydrogen) atoms. The minimum absolute atomic E-state index is 0.0867. The van der Waals surface area contributed by atoms with Crippen LogP contribution in [0.15, 0.2) is 64.8 Å². The Bertz CT molecular complexity index is 1560. The van der Waals surface area contributed by atoms with Crippen LogP contribution in [0.2, 0.25) is 0 Å². The maximum Gasteiger partial charge on any atom is 0.252 e. The molecule has 1 N–H and O–H groups in total. The summed E-state index contributed by atoms with van der Waals surface area (Å²) in [5.41, 5.74) is 4.61. The number of fused-ring (bicyclic) bond motifs is 1. The summed E-state index contributed by atoms with van der Waals surface area (Å²) < 4.78 is 15.2. The molecule has 0 aliphatic rings. The summed E-state index contributed by atoms with van der Waals surface area (Å²) in [7, 11) is 0. The first-order valence-corrected chi connectivity index (χ1v) is 13.2. The molecule has 7 nitrogen and oxygen atoms in total. The molecule has 0 amide bonds. The molecule has 3 heterocycles. The topological polar surface area (TPSA) is 79.7 Å². The van der Waals surface area contributed by atoms with Gasteiger partial charge in [-0.3, -0.25) is 9.69 Å². The lowest BCUT2D eigenvalue weighted by Crippen LogP contribution is -2.32. The van der Waals surface area contributed by atoms with Gasteiger partial charge in [-0.05, 0) is 82.9 Å². The van der Waals surface area contributed by atoms with Gasteiger partial charge in [0.2, 0.25) is 0 Å². The van der Waals surface area contributed by atoms with Gasteiger partial charge in [-0.25, -0.2) is 9.07 Å². The van der Waals surface area contributed by atoms with Crippen LogP contribution in [0.4, 0.5) is 4.39 Å². The zero-order chi connectivity index (χ0) is 25.9. The molecule has 1 atom stereocenters. The summed E-state index contributed by atoms with van der Waals surface area (Å²) in [5, 5.41) is 15.7. The number of aromatic amines is 1. The molecular weight excluding hydrogens is 487 g/mol. The van der Waals surface area contributed by atoms with Crippen molar-refractivity contribution in [3.8, 4) is 0 Å². The highest BCUT2D eigenvalue weighted by Crippen LogP contribution is 2.28. The Kier molecular flexibility index (Phi) is 7.25. The Morgan fingerprint density at radius 2 is 1.92 bits per heavy atom. The van der Waals surface area contributed by atoms with E-state index in [1.54, 1.807) is 28.2 Å². The molecule has 0 radical (unpaired) electrons. The van der Waals surface area contributed by atoms with Gasteiger partial charge in [-0.15, -0.1) is 16.4 Å². The van der Waals surface area contributed by atoms with E-state index < -0.39 is 0 Å². The summed E-state index contributed by atoms with van der Waals surface area (Å²) in [5.74, 6) is 0.438. The van der Waals surface area contributed by atoms with E-state index in [0.29, 0.717) is 31.0 Å². The summed E-state index contributed by atoms with van der Waals surface area (Å²) in [4.78, 5) is 19.7. The lowest BCUT2D eigenvalue weighted by molar-refractivity contribution is 0.163. The van der Waals surface area contributed by atoms with Crippen LogP contribution in [0, 0.1) is 19.7 Å². The lowest BCUT2D eigenvalue weighted by atomic mass is 10.0. The summed E-state index contributed by atoms with van der Waals surface area (Å²) in [6, 6.07) is 16.5. The van der Waals surface area contributed by atoms with Gasteiger partial charge in [0, 0.05) is 23.5 Å². The van der Waals surface area contributed by atoms with E-state index in [2.05, 4.69) is 62.8 Å². The minimum atomic E-state index is -0.278. The molecule has 9 heteroatoms. The fourth-order valence-electron chi connectivity index (χ4n) is 4.88. The van der Waals surface area contributed by atoms with Crippen LogP contribution in [0.5, 0.6) is 0 Å². The molecule has 0 aliphatic carbocycles. The SMILES string of the molecule is CCC(c1nnnn1Cc1ccc(F)cc1)N(Cc1cccs1)Cc1cc2cc(C)cc(C)c2[nH]c1=O. The highest BCUT2D eigenvalue weighted by molar-refractivity contribution is 7.09. The normalized spacial score (nSPS) is 12.5. The average molecular weight is 517 g/mol. The Morgan fingerprint density at radius 1 is 1.11 bits per heavy atom. The Balaban J connectivity index is 1.51. The number of benzene rings is 2. The number of rotatable bonds is 9. The zero-order valence-electron chi connectivity index (χ0n) is 21.1. The fourth-order valence-corrected chi connectivity index (χ4v) is 5.61. The molecule has 5 rings (SSSR count). The van der Waals surface area contributed by atoms with Crippen molar-refractivity contribution >= 4 is 22.2 Å². The van der Waals surface area contributed by atoms with Crippen molar-refractivity contribution in [1.29, 1.82) is 0 Å². The molecule has 3 aromatic heterocycles. The van der Waals surface area contributed by atoms with Crippen molar-refractivity contribution in [2.75, 3.05) is 0 Å². The third-order valence-corrected chi connectivity index (χ3v) is 7.47. The number of halogens is 1. The maximum absolute atomic E-state index is 13.4. The van der Waals surface area contributed by atoms with Crippen molar-refractivity contribution in [3.05, 3.63) is 109 Å². The number of nitrogens with zero attached hydrogens (tertiary/aromatic N) is 5. The molecule has 1 unspecified atom stereocenters. The van der Waals surface area contributed by atoms with Crippen LogP contribution < -0.4 is 5.56 Å². The average Bonchev–Trinajstić information content (AvgIpc) is 3.55. The van der Waals surface area contributed by atoms with Crippen molar-refractivity contribution in [2.24, 2.45) is 0 Å². The van der Waals surface area contributed by atoms with E-state index >= 15 is 0 Å². The molecular formula is C28H29FN6OS. The quantitative estimate of drug-likeness (QED) is 0.279. The van der Waals surface area contributed by atoms with Gasteiger partial charge < -0.3 is 4.98 Å². The molecule has 0 bridgehead atoms. The van der Waals surface area contributed by atoms with Crippen LogP contribution in [-0.2, 0) is 19.6 Å². The number of H-pyrrole nitrogens is 1. The fraction of sp³-hybridized carbons (Fsp3) is 0.286. The second-order valence-corrected chi connectivity index (χ2v) is 10.4. The van der Waals surface area contributed by atoms with Crippen LogP contribution in [0.25, 0.3) is 10.9 Å². The van der Waals surface area contributed by atoms with Gasteiger partial charge in [0.15, 0.2) is 5.82 Å². The number of pyridine rings is 1. The maximum atomic E-state index is 13.4. The van der Waals surface area contributed by atoms with E-state index in [-0.39, 0.29) is 17.4 Å². The largest absolute Gasteiger partial charge is 0.321 e. The molecule has 0 aliphatic heterocycles. The van der Waals surface area contributed by atoms with Crippen molar-refractivity contribution < 1.29 is 4.39 Å². The Morgan fingerprint density at radius 3 is 2.65 bits per heavy atom. The smallest absolute Gasteiger partial charge is 0.252 e. The summed E-state index contributed by atoms with van der Waals surface area (Å²) in [6.45, 7) is 7.71. The summed E-state index contributed by atoms with van der Waals surface area (Å²) in [6.07, 6.45) is 0.749. The number of thiophene rings is 1. The van der Waals surface area contributed by atoms with Gasteiger partial charge in [-0.2, -0.15) is 0 Å². The van der Waals surface area contributed by atoms with Gasteiger partial charge in [0.25, 0.3) is 5.56 Å². The van der Waals surface area contributed by atoms with E-state index in [1.807, 2.05) is 19.1 Å². The van der Waals surface area contributed by atoms with Crippen LogP contribution in [0.1, 0.15) is 52.3 Å². The number of tetrazole rings is 1. The molecule has 5 aromatic rings. The van der Waals surface area contributed by atoms with Gasteiger partial charge in [0.05, 0.1) is 18.1 Å². The van der Waals surface area contributed by atoms with Gasteiger partial charge in [-0.1, -0.05) is 36.8 Å². The molecule has 0 saturated heterocycles. The molecule has 0 fully saturated rings. The van der Waals surface area contributed by atoms with Crippen LogP contribution in [0.3, 0.4) is 0 Å². The first kappa shape index (κ1) is 25.0.